The zero-order valence-electron chi connectivity index (χ0n) is 17.5. The second-order valence-corrected chi connectivity index (χ2v) is 7.87. The summed E-state index contributed by atoms with van der Waals surface area (Å²) in [6.07, 6.45) is 0.810. The van der Waals surface area contributed by atoms with Gasteiger partial charge in [0.15, 0.2) is 0 Å². The van der Waals surface area contributed by atoms with Gasteiger partial charge in [-0.05, 0) is 55.4 Å². The number of benzene rings is 1. The molecule has 1 aliphatic heterocycles. The van der Waals surface area contributed by atoms with Crippen LogP contribution >= 0.6 is 0 Å². The molecule has 0 aliphatic carbocycles. The second kappa shape index (κ2) is 10.1. The average molecular weight is 461 g/mol. The number of nitrogens with zero attached hydrogens (tertiary/aromatic N) is 2. The topological polar surface area (TPSA) is 188 Å². The normalized spacial score (nSPS) is 15.7. The van der Waals surface area contributed by atoms with Crippen molar-refractivity contribution in [1.82, 2.24) is 15.3 Å². The average Bonchev–Trinajstić information content (AvgIpc) is 2.74. The lowest BCUT2D eigenvalue weighted by molar-refractivity contribution is -0.140. The zero-order valence-corrected chi connectivity index (χ0v) is 17.5. The van der Waals surface area contributed by atoms with E-state index in [1.807, 2.05) is 0 Å². The van der Waals surface area contributed by atoms with E-state index in [9.17, 15) is 29.0 Å². The summed E-state index contributed by atoms with van der Waals surface area (Å²) in [6.45, 7) is 0.565. The Morgan fingerprint density at radius 3 is 2.70 bits per heavy atom. The highest BCUT2D eigenvalue weighted by molar-refractivity contribution is 5.96. The number of amides is 1. The van der Waals surface area contributed by atoms with Gasteiger partial charge in [0.2, 0.25) is 11.8 Å². The van der Waals surface area contributed by atoms with Gasteiger partial charge >= 0.3 is 11.9 Å². The molecule has 12 heteroatoms. The van der Waals surface area contributed by atoms with E-state index < -0.39 is 36.1 Å². The molecule has 33 heavy (non-hydrogen) atoms. The van der Waals surface area contributed by atoms with Crippen molar-refractivity contribution >= 4 is 29.6 Å². The summed E-state index contributed by atoms with van der Waals surface area (Å²) in [6, 6.07) is 2.35. The first-order valence-electron chi connectivity index (χ1n) is 10.3. The molecule has 1 aromatic carbocycles. The summed E-state index contributed by atoms with van der Waals surface area (Å²) < 4.78 is 14.1. The molecule has 1 aliphatic rings. The van der Waals surface area contributed by atoms with Crippen LogP contribution in [-0.2, 0) is 22.4 Å². The fourth-order valence-corrected chi connectivity index (χ4v) is 3.69. The number of aromatic hydroxyl groups is 1. The maximum Gasteiger partial charge on any atom is 0.326 e. The number of aliphatic carboxylic acids is 2. The lowest BCUT2D eigenvalue weighted by Gasteiger charge is -2.25. The highest BCUT2D eigenvalue weighted by Gasteiger charge is 2.24. The standard InChI is InChI=1S/C21H24FN5O6/c22-13-6-10(1-2-11-7-14-17(24-9-11)26-21(23)27-19(14)31)5-12(8-13)18(30)25-15(20(32)33)3-4-16(28)29/h5-6,8,11,15H,1-4,7,9H2,(H,25,30)(H,28,29)(H,32,33)(H4,23,24,26,27,31)/t11?,15-/m0/s1. The van der Waals surface area contributed by atoms with Gasteiger partial charge in [-0.2, -0.15) is 9.97 Å². The minimum Gasteiger partial charge on any atom is -0.493 e. The van der Waals surface area contributed by atoms with Crippen molar-refractivity contribution in [1.29, 1.82) is 0 Å². The summed E-state index contributed by atoms with van der Waals surface area (Å²) in [5.41, 5.74) is 6.58. The number of carbonyl (C=O) groups excluding carboxylic acids is 1. The van der Waals surface area contributed by atoms with Crippen LogP contribution in [0.15, 0.2) is 18.2 Å². The molecular formula is C21H24FN5O6. The molecule has 176 valence electrons. The van der Waals surface area contributed by atoms with Crippen molar-refractivity contribution in [3.05, 3.63) is 40.7 Å². The summed E-state index contributed by atoms with van der Waals surface area (Å²) in [4.78, 5) is 42.3. The third-order valence-electron chi connectivity index (χ3n) is 5.36. The Kier molecular flexibility index (Phi) is 7.26. The van der Waals surface area contributed by atoms with E-state index in [4.69, 9.17) is 10.8 Å². The number of anilines is 2. The van der Waals surface area contributed by atoms with Crippen molar-refractivity contribution in [3.63, 3.8) is 0 Å². The number of hydrogen-bond donors (Lipinski definition) is 6. The molecule has 0 fully saturated rings. The van der Waals surface area contributed by atoms with Crippen LogP contribution in [0, 0.1) is 11.7 Å². The van der Waals surface area contributed by atoms with E-state index in [0.717, 1.165) is 6.07 Å². The minimum atomic E-state index is -1.40. The Bertz CT molecular complexity index is 1080. The van der Waals surface area contributed by atoms with Gasteiger partial charge in [-0.1, -0.05) is 0 Å². The van der Waals surface area contributed by atoms with E-state index >= 15 is 0 Å². The number of nitrogens with two attached hydrogens (primary N) is 1. The van der Waals surface area contributed by atoms with Crippen molar-refractivity contribution in [2.75, 3.05) is 17.6 Å². The van der Waals surface area contributed by atoms with Crippen LogP contribution in [0.5, 0.6) is 5.88 Å². The molecule has 0 spiro atoms. The number of carbonyl (C=O) groups is 3. The second-order valence-electron chi connectivity index (χ2n) is 7.87. The third kappa shape index (κ3) is 6.28. The third-order valence-corrected chi connectivity index (χ3v) is 5.36. The van der Waals surface area contributed by atoms with Crippen molar-refractivity contribution in [2.24, 2.45) is 5.92 Å². The predicted octanol–water partition coefficient (Wildman–Crippen LogP) is 1.17. The van der Waals surface area contributed by atoms with Crippen LogP contribution in [0.3, 0.4) is 0 Å². The van der Waals surface area contributed by atoms with E-state index in [2.05, 4.69) is 20.6 Å². The maximum absolute atomic E-state index is 14.1. The van der Waals surface area contributed by atoms with Gasteiger partial charge in [-0.25, -0.2) is 9.18 Å². The van der Waals surface area contributed by atoms with Crippen LogP contribution < -0.4 is 16.4 Å². The first-order valence-corrected chi connectivity index (χ1v) is 10.3. The highest BCUT2D eigenvalue weighted by Crippen LogP contribution is 2.31. The van der Waals surface area contributed by atoms with Crippen LogP contribution in [-0.4, -0.2) is 55.7 Å². The Labute approximate surface area is 187 Å². The van der Waals surface area contributed by atoms with Crippen LogP contribution in [0.1, 0.15) is 40.7 Å². The van der Waals surface area contributed by atoms with Gasteiger partial charge in [-0.15, -0.1) is 0 Å². The molecule has 0 bridgehead atoms. The number of carboxylic acid groups (broad SMARTS) is 2. The number of fused-ring (bicyclic) bond motifs is 1. The lowest BCUT2D eigenvalue weighted by atomic mass is 9.90. The van der Waals surface area contributed by atoms with Gasteiger partial charge in [0.25, 0.3) is 5.91 Å². The molecule has 2 heterocycles. The predicted molar refractivity (Wildman–Crippen MR) is 114 cm³/mol. The van der Waals surface area contributed by atoms with Gasteiger partial charge in [-0.3, -0.25) is 9.59 Å². The first kappa shape index (κ1) is 23.7. The summed E-state index contributed by atoms with van der Waals surface area (Å²) in [7, 11) is 0. The number of aryl methyl sites for hydroxylation is 1. The summed E-state index contributed by atoms with van der Waals surface area (Å²) >= 11 is 0. The number of aromatic nitrogens is 2. The molecule has 1 amide bonds. The molecule has 0 saturated carbocycles. The molecule has 2 atom stereocenters. The highest BCUT2D eigenvalue weighted by atomic mass is 19.1. The van der Waals surface area contributed by atoms with Crippen LogP contribution in [0.4, 0.5) is 16.2 Å². The summed E-state index contributed by atoms with van der Waals surface area (Å²) in [5.74, 6) is -3.66. The molecular weight excluding hydrogens is 437 g/mol. The smallest absolute Gasteiger partial charge is 0.326 e. The molecule has 0 saturated heterocycles. The Morgan fingerprint density at radius 2 is 2.00 bits per heavy atom. The number of rotatable bonds is 9. The van der Waals surface area contributed by atoms with Gasteiger partial charge in [0, 0.05) is 18.5 Å². The molecule has 3 rings (SSSR count). The molecule has 11 nitrogen and oxygen atoms in total. The van der Waals surface area contributed by atoms with Crippen molar-refractivity contribution in [2.45, 2.75) is 38.1 Å². The summed E-state index contributed by atoms with van der Waals surface area (Å²) in [5, 5.41) is 33.3. The lowest BCUT2D eigenvalue weighted by Crippen LogP contribution is -2.41. The number of halogens is 1. The van der Waals surface area contributed by atoms with Crippen LogP contribution in [0.25, 0.3) is 0 Å². The van der Waals surface area contributed by atoms with Gasteiger partial charge in [0.1, 0.15) is 17.7 Å². The number of nitrogens with one attached hydrogen (secondary N) is 2. The Morgan fingerprint density at radius 1 is 1.24 bits per heavy atom. The van der Waals surface area contributed by atoms with E-state index in [0.29, 0.717) is 42.8 Å². The number of carboxylic acids is 2. The molecule has 1 aromatic heterocycles. The molecule has 2 aromatic rings. The van der Waals surface area contributed by atoms with Crippen LogP contribution in [0.2, 0.25) is 0 Å². The SMILES string of the molecule is Nc1nc(O)c2c(n1)NCC(CCc1cc(F)cc(C(=O)N[C@@H](CCC(=O)O)C(=O)O)c1)C2. The number of hydrogen-bond acceptors (Lipinski definition) is 8. The monoisotopic (exact) mass is 461 g/mol. The fraction of sp³-hybridized carbons (Fsp3) is 0.381. The molecule has 1 unspecified atom stereocenters. The fourth-order valence-electron chi connectivity index (χ4n) is 3.69. The Balaban J connectivity index is 1.64. The van der Waals surface area contributed by atoms with E-state index in [1.165, 1.54) is 12.1 Å². The molecule has 0 radical (unpaired) electrons. The molecule has 7 N–H and O–H groups in total. The van der Waals surface area contributed by atoms with E-state index in [1.54, 1.807) is 0 Å². The van der Waals surface area contributed by atoms with Crippen molar-refractivity contribution in [3.8, 4) is 5.88 Å². The quantitative estimate of drug-likeness (QED) is 0.316. The first-order chi connectivity index (χ1) is 15.6. The maximum atomic E-state index is 14.1. The Hall–Kier alpha value is -3.96. The van der Waals surface area contributed by atoms with Gasteiger partial charge in [0.05, 0.1) is 5.56 Å². The largest absolute Gasteiger partial charge is 0.493 e. The van der Waals surface area contributed by atoms with Gasteiger partial charge < -0.3 is 31.7 Å². The zero-order chi connectivity index (χ0) is 24.1. The number of nitrogen functional groups attached to an aromatic ring is 1. The van der Waals surface area contributed by atoms with Crippen molar-refractivity contribution < 1.29 is 34.1 Å². The minimum absolute atomic E-state index is 0.0316. The van der Waals surface area contributed by atoms with E-state index in [-0.39, 0.29) is 29.7 Å².